The lowest BCUT2D eigenvalue weighted by atomic mass is 10.2. The largest absolute Gasteiger partial charge is 0.389 e. The Bertz CT molecular complexity index is 284. The predicted octanol–water partition coefficient (Wildman–Crippen LogP) is 2.66. The lowest BCUT2D eigenvalue weighted by Gasteiger charge is -2.05. The highest BCUT2D eigenvalue weighted by Gasteiger charge is 2.25. The average Bonchev–Trinajstić information content (AvgIpc) is 2.44. The number of aryl methyl sites for hydroxylation is 1. The molecule has 0 aromatic carbocycles. The maximum atomic E-state index is 11.7. The van der Waals surface area contributed by atoms with Gasteiger partial charge in [-0.2, -0.15) is 13.2 Å². The second kappa shape index (κ2) is 4.63. The van der Waals surface area contributed by atoms with Crippen LogP contribution in [0.1, 0.15) is 19.3 Å². The van der Waals surface area contributed by atoms with Gasteiger partial charge >= 0.3 is 6.18 Å². The molecule has 1 aromatic heterocycles. The van der Waals surface area contributed by atoms with E-state index >= 15 is 0 Å². The van der Waals surface area contributed by atoms with E-state index in [9.17, 15) is 13.2 Å². The SMILES string of the molecule is FC(F)(F)CCCCn1cnnc1Cl. The summed E-state index contributed by atoms with van der Waals surface area (Å²) in [6.07, 6.45) is -2.92. The number of alkyl halides is 3. The zero-order chi connectivity index (χ0) is 10.6. The van der Waals surface area contributed by atoms with Crippen LogP contribution < -0.4 is 0 Å². The minimum Gasteiger partial charge on any atom is -0.304 e. The van der Waals surface area contributed by atoms with Gasteiger partial charge in [0.1, 0.15) is 6.33 Å². The number of hydrogen-bond donors (Lipinski definition) is 0. The average molecular weight is 228 g/mol. The molecule has 80 valence electrons. The molecule has 1 aromatic rings. The van der Waals surface area contributed by atoms with E-state index in [2.05, 4.69) is 10.2 Å². The van der Waals surface area contributed by atoms with Gasteiger partial charge in [-0.25, -0.2) is 0 Å². The van der Waals surface area contributed by atoms with E-state index in [1.54, 1.807) is 0 Å². The fourth-order valence-electron chi connectivity index (χ4n) is 0.998. The van der Waals surface area contributed by atoms with E-state index in [1.165, 1.54) is 10.9 Å². The minimum absolute atomic E-state index is 0.0952. The topological polar surface area (TPSA) is 30.7 Å². The Balaban J connectivity index is 2.20. The second-order valence-electron chi connectivity index (χ2n) is 2.87. The van der Waals surface area contributed by atoms with E-state index in [0.717, 1.165) is 0 Å². The summed E-state index contributed by atoms with van der Waals surface area (Å²) in [6.45, 7) is 0.419. The van der Waals surface area contributed by atoms with Crippen molar-refractivity contribution in [2.24, 2.45) is 0 Å². The summed E-state index contributed by atoms with van der Waals surface area (Å²) in [5.41, 5.74) is 0. The zero-order valence-corrected chi connectivity index (χ0v) is 8.02. The molecule has 1 heterocycles. The summed E-state index contributed by atoms with van der Waals surface area (Å²) in [5.74, 6) is 0. The smallest absolute Gasteiger partial charge is 0.304 e. The first kappa shape index (κ1) is 11.3. The van der Waals surface area contributed by atoms with Crippen LogP contribution in [0.5, 0.6) is 0 Å². The van der Waals surface area contributed by atoms with Crippen LogP contribution in [0.25, 0.3) is 0 Å². The summed E-state index contributed by atoms with van der Waals surface area (Å²) < 4.78 is 36.7. The van der Waals surface area contributed by atoms with Gasteiger partial charge in [0.2, 0.25) is 5.28 Å². The molecule has 7 heteroatoms. The molecule has 3 nitrogen and oxygen atoms in total. The Kier molecular flexibility index (Phi) is 3.74. The number of aromatic nitrogens is 3. The first-order valence-corrected chi connectivity index (χ1v) is 4.47. The Morgan fingerprint density at radius 2 is 2.07 bits per heavy atom. The molecule has 0 amide bonds. The third-order valence-corrected chi connectivity index (χ3v) is 1.97. The molecule has 0 saturated carbocycles. The van der Waals surface area contributed by atoms with Crippen molar-refractivity contribution < 1.29 is 13.2 Å². The van der Waals surface area contributed by atoms with Crippen molar-refractivity contribution in [2.45, 2.75) is 32.0 Å². The third kappa shape index (κ3) is 3.95. The zero-order valence-electron chi connectivity index (χ0n) is 7.26. The van der Waals surface area contributed by atoms with Gasteiger partial charge in [-0.15, -0.1) is 10.2 Å². The van der Waals surface area contributed by atoms with Crippen molar-refractivity contribution in [3.63, 3.8) is 0 Å². The molecular weight excluding hydrogens is 219 g/mol. The van der Waals surface area contributed by atoms with Crippen molar-refractivity contribution in [2.75, 3.05) is 0 Å². The maximum absolute atomic E-state index is 11.7. The number of rotatable bonds is 4. The second-order valence-corrected chi connectivity index (χ2v) is 3.20. The summed E-state index contributed by atoms with van der Waals surface area (Å²) in [7, 11) is 0. The molecule has 0 saturated heterocycles. The van der Waals surface area contributed by atoms with Crippen molar-refractivity contribution >= 4 is 11.6 Å². The van der Waals surface area contributed by atoms with Gasteiger partial charge in [0.15, 0.2) is 0 Å². The third-order valence-electron chi connectivity index (χ3n) is 1.68. The van der Waals surface area contributed by atoms with Crippen molar-refractivity contribution in [1.29, 1.82) is 0 Å². The molecule has 0 aliphatic carbocycles. The summed E-state index contributed by atoms with van der Waals surface area (Å²) >= 11 is 5.58. The Morgan fingerprint density at radius 3 is 2.57 bits per heavy atom. The van der Waals surface area contributed by atoms with Gasteiger partial charge in [0, 0.05) is 13.0 Å². The monoisotopic (exact) mass is 227 g/mol. The maximum Gasteiger partial charge on any atom is 0.389 e. The van der Waals surface area contributed by atoms with Crippen LogP contribution in [0.15, 0.2) is 6.33 Å². The van der Waals surface area contributed by atoms with Crippen LogP contribution in [0.3, 0.4) is 0 Å². The predicted molar refractivity (Wildman–Crippen MR) is 44.9 cm³/mol. The molecule has 0 atom stereocenters. The highest BCUT2D eigenvalue weighted by atomic mass is 35.5. The molecule has 0 N–H and O–H groups in total. The van der Waals surface area contributed by atoms with E-state index in [1.807, 2.05) is 0 Å². The van der Waals surface area contributed by atoms with Gasteiger partial charge in [0.05, 0.1) is 0 Å². The quantitative estimate of drug-likeness (QED) is 0.741. The standard InChI is InChI=1S/C7H9ClF3N3/c8-6-13-12-5-14(6)4-2-1-3-7(9,10)11/h5H,1-4H2. The summed E-state index contributed by atoms with van der Waals surface area (Å²) in [6, 6.07) is 0. The highest BCUT2D eigenvalue weighted by Crippen LogP contribution is 2.22. The normalized spacial score (nSPS) is 12.0. The van der Waals surface area contributed by atoms with Gasteiger partial charge in [-0.05, 0) is 24.4 Å². The number of nitrogens with zero attached hydrogens (tertiary/aromatic N) is 3. The van der Waals surface area contributed by atoms with Crippen LogP contribution in [0.2, 0.25) is 5.28 Å². The van der Waals surface area contributed by atoms with E-state index in [-0.39, 0.29) is 11.7 Å². The summed E-state index contributed by atoms with van der Waals surface area (Å²) in [5, 5.41) is 7.21. The van der Waals surface area contributed by atoms with Crippen molar-refractivity contribution in [3.8, 4) is 0 Å². The fourth-order valence-corrected chi connectivity index (χ4v) is 1.17. The van der Waals surface area contributed by atoms with Crippen molar-refractivity contribution in [3.05, 3.63) is 11.6 Å². The van der Waals surface area contributed by atoms with Gasteiger partial charge in [-0.3, -0.25) is 0 Å². The van der Waals surface area contributed by atoms with Crippen LogP contribution in [0.4, 0.5) is 13.2 Å². The molecular formula is C7H9ClF3N3. The molecule has 0 radical (unpaired) electrons. The first-order chi connectivity index (χ1) is 6.49. The van der Waals surface area contributed by atoms with Crippen LogP contribution in [-0.2, 0) is 6.54 Å². The van der Waals surface area contributed by atoms with E-state index in [4.69, 9.17) is 11.6 Å². The molecule has 0 aliphatic rings. The molecule has 0 bridgehead atoms. The number of hydrogen-bond acceptors (Lipinski definition) is 2. The fraction of sp³-hybridized carbons (Fsp3) is 0.714. The van der Waals surface area contributed by atoms with Crippen LogP contribution in [-0.4, -0.2) is 20.9 Å². The first-order valence-electron chi connectivity index (χ1n) is 4.09. The summed E-state index contributed by atoms with van der Waals surface area (Å²) in [4.78, 5) is 0. The number of halogens is 4. The number of unbranched alkanes of at least 4 members (excludes halogenated alkanes) is 1. The van der Waals surface area contributed by atoms with E-state index < -0.39 is 12.6 Å². The Hall–Kier alpha value is -0.780. The van der Waals surface area contributed by atoms with Gasteiger partial charge in [-0.1, -0.05) is 0 Å². The van der Waals surface area contributed by atoms with Crippen molar-refractivity contribution in [1.82, 2.24) is 14.8 Å². The molecule has 14 heavy (non-hydrogen) atoms. The molecule has 0 spiro atoms. The van der Waals surface area contributed by atoms with Gasteiger partial charge in [0.25, 0.3) is 0 Å². The lowest BCUT2D eigenvalue weighted by Crippen LogP contribution is -2.07. The van der Waals surface area contributed by atoms with Crippen LogP contribution >= 0.6 is 11.6 Å². The minimum atomic E-state index is -4.07. The van der Waals surface area contributed by atoms with Gasteiger partial charge < -0.3 is 4.57 Å². The lowest BCUT2D eigenvalue weighted by molar-refractivity contribution is -0.135. The van der Waals surface area contributed by atoms with E-state index in [0.29, 0.717) is 13.0 Å². The molecule has 0 aliphatic heterocycles. The highest BCUT2D eigenvalue weighted by molar-refractivity contribution is 6.28. The molecule has 0 fully saturated rings. The Labute approximate surface area is 83.9 Å². The molecule has 1 rings (SSSR count). The Morgan fingerprint density at radius 1 is 1.36 bits per heavy atom. The molecule has 0 unspecified atom stereocenters. The van der Waals surface area contributed by atoms with Crippen LogP contribution in [0, 0.1) is 0 Å².